The van der Waals surface area contributed by atoms with Crippen molar-refractivity contribution in [3.63, 3.8) is 0 Å². The molecule has 11 heteroatoms. The average Bonchev–Trinajstić information content (AvgIpc) is 3.52. The molecule has 1 aliphatic rings. The molecule has 1 heterocycles. The van der Waals surface area contributed by atoms with Crippen molar-refractivity contribution in [2.24, 2.45) is 5.92 Å². The van der Waals surface area contributed by atoms with Gasteiger partial charge in [-0.2, -0.15) is 0 Å². The molecule has 2 aromatic rings. The Bertz CT molecular complexity index is 1090. The van der Waals surface area contributed by atoms with Crippen LogP contribution in [0.25, 0.3) is 6.08 Å². The van der Waals surface area contributed by atoms with Gasteiger partial charge in [-0.05, 0) is 48.7 Å². The molecular weight excluding hydrogens is 497 g/mol. The largest absolute Gasteiger partial charge is 0.480 e. The zero-order chi connectivity index (χ0) is 25.4. The second kappa shape index (κ2) is 12.4. The molecule has 1 fully saturated rings. The molecule has 1 aliphatic carbocycles. The van der Waals surface area contributed by atoms with Gasteiger partial charge in [0.2, 0.25) is 11.8 Å². The summed E-state index contributed by atoms with van der Waals surface area (Å²) in [5.74, 6) is -2.29. The van der Waals surface area contributed by atoms with Crippen LogP contribution >= 0.6 is 23.2 Å². The fourth-order valence-corrected chi connectivity index (χ4v) is 4.41. The predicted molar refractivity (Wildman–Crippen MR) is 130 cm³/mol. The maximum absolute atomic E-state index is 12.7. The van der Waals surface area contributed by atoms with E-state index in [2.05, 4.69) is 16.0 Å². The number of halogens is 2. The van der Waals surface area contributed by atoms with Gasteiger partial charge in [0.15, 0.2) is 0 Å². The van der Waals surface area contributed by atoms with Gasteiger partial charge in [-0.1, -0.05) is 36.0 Å². The van der Waals surface area contributed by atoms with Gasteiger partial charge in [0.1, 0.15) is 11.8 Å². The number of rotatable bonds is 10. The van der Waals surface area contributed by atoms with Crippen LogP contribution in [0.3, 0.4) is 0 Å². The van der Waals surface area contributed by atoms with E-state index in [1.807, 2.05) is 0 Å². The molecule has 35 heavy (non-hydrogen) atoms. The van der Waals surface area contributed by atoms with Crippen LogP contribution < -0.4 is 16.0 Å². The summed E-state index contributed by atoms with van der Waals surface area (Å²) in [6.45, 7) is -0.172. The number of carboxylic acid groups (broad SMARTS) is 1. The number of hydrogen-bond donors (Lipinski definition) is 4. The fourth-order valence-electron chi connectivity index (χ4n) is 3.70. The van der Waals surface area contributed by atoms with Gasteiger partial charge in [0, 0.05) is 25.1 Å². The molecule has 4 N–H and O–H groups in total. The molecule has 0 saturated heterocycles. The molecule has 0 bridgehead atoms. The molecule has 0 unspecified atom stereocenters. The lowest BCUT2D eigenvalue weighted by Crippen LogP contribution is -2.49. The summed E-state index contributed by atoms with van der Waals surface area (Å²) in [4.78, 5) is 48.5. The molecular formula is C24H25Cl2N3O6. The molecule has 0 aliphatic heterocycles. The number of aliphatic carboxylic acids is 1. The Hall–Kier alpha value is -3.30. The summed E-state index contributed by atoms with van der Waals surface area (Å²) in [7, 11) is 0. The zero-order valence-corrected chi connectivity index (χ0v) is 20.2. The zero-order valence-electron chi connectivity index (χ0n) is 18.7. The Morgan fingerprint density at radius 2 is 1.80 bits per heavy atom. The highest BCUT2D eigenvalue weighted by atomic mass is 35.5. The van der Waals surface area contributed by atoms with Gasteiger partial charge in [-0.15, -0.1) is 0 Å². The molecule has 0 spiro atoms. The Morgan fingerprint density at radius 3 is 2.40 bits per heavy atom. The van der Waals surface area contributed by atoms with E-state index < -0.39 is 17.9 Å². The Kier molecular flexibility index (Phi) is 9.33. The van der Waals surface area contributed by atoms with Crippen LogP contribution in [0.15, 0.2) is 41.0 Å². The molecule has 1 atom stereocenters. The van der Waals surface area contributed by atoms with Crippen molar-refractivity contribution in [3.05, 3.63) is 63.5 Å². The van der Waals surface area contributed by atoms with E-state index in [9.17, 15) is 24.3 Å². The second-order valence-electron chi connectivity index (χ2n) is 8.09. The number of nitrogens with one attached hydrogen (secondary N) is 3. The first-order chi connectivity index (χ1) is 16.7. The van der Waals surface area contributed by atoms with E-state index >= 15 is 0 Å². The van der Waals surface area contributed by atoms with Crippen molar-refractivity contribution < 1.29 is 28.7 Å². The Morgan fingerprint density at radius 1 is 1.11 bits per heavy atom. The van der Waals surface area contributed by atoms with Gasteiger partial charge in [-0.25, -0.2) is 4.79 Å². The van der Waals surface area contributed by atoms with Gasteiger partial charge >= 0.3 is 5.97 Å². The molecule has 1 aromatic carbocycles. The van der Waals surface area contributed by atoms with Crippen LogP contribution in [0, 0.1) is 5.92 Å². The first-order valence-electron chi connectivity index (χ1n) is 11.0. The van der Waals surface area contributed by atoms with Crippen molar-refractivity contribution in [1.29, 1.82) is 0 Å². The van der Waals surface area contributed by atoms with Gasteiger partial charge in [0.25, 0.3) is 5.91 Å². The maximum atomic E-state index is 12.7. The minimum absolute atomic E-state index is 0.00972. The molecule has 0 radical (unpaired) electrons. The van der Waals surface area contributed by atoms with E-state index in [4.69, 9.17) is 27.6 Å². The predicted octanol–water partition coefficient (Wildman–Crippen LogP) is 3.41. The molecule has 186 valence electrons. The number of hydrogen-bond acceptors (Lipinski definition) is 5. The third kappa shape index (κ3) is 7.60. The van der Waals surface area contributed by atoms with Crippen molar-refractivity contribution in [3.8, 4) is 0 Å². The lowest BCUT2D eigenvalue weighted by atomic mass is 10.1. The van der Waals surface area contributed by atoms with Crippen LogP contribution in [-0.2, 0) is 20.9 Å². The molecule has 3 amide bonds. The SMILES string of the molecule is O=C(/C=C/c1ccco1)NCc1cc(Cl)c(C(=O)N[C@@H](CNC(=O)C2CCCC2)C(=O)O)c(Cl)c1. The van der Waals surface area contributed by atoms with Crippen LogP contribution in [0.2, 0.25) is 10.0 Å². The number of carboxylic acids is 1. The fraction of sp³-hybridized carbons (Fsp3) is 0.333. The average molecular weight is 522 g/mol. The van der Waals surface area contributed by atoms with Crippen molar-refractivity contribution >= 4 is 53.0 Å². The number of amides is 3. The van der Waals surface area contributed by atoms with E-state index in [0.717, 1.165) is 25.7 Å². The van der Waals surface area contributed by atoms with Crippen LogP contribution in [0.1, 0.15) is 47.4 Å². The summed E-state index contributed by atoms with van der Waals surface area (Å²) in [5.41, 5.74) is 0.435. The normalized spacial score (nSPS) is 14.6. The van der Waals surface area contributed by atoms with Crippen molar-refractivity contribution in [2.45, 2.75) is 38.3 Å². The molecule has 1 aromatic heterocycles. The summed E-state index contributed by atoms with van der Waals surface area (Å²) in [5, 5.41) is 17.1. The Labute approximate surface area is 211 Å². The van der Waals surface area contributed by atoms with Gasteiger partial charge in [0.05, 0.1) is 21.9 Å². The minimum atomic E-state index is -1.36. The van der Waals surface area contributed by atoms with E-state index in [0.29, 0.717) is 11.3 Å². The van der Waals surface area contributed by atoms with Crippen LogP contribution in [0.4, 0.5) is 0 Å². The minimum Gasteiger partial charge on any atom is -0.480 e. The number of carbonyl (C=O) groups excluding carboxylic acids is 3. The monoisotopic (exact) mass is 521 g/mol. The molecule has 9 nitrogen and oxygen atoms in total. The summed E-state index contributed by atoms with van der Waals surface area (Å²) >= 11 is 12.5. The standard InChI is InChI=1S/C24H25Cl2N3O6/c25-17-10-14(12-27-20(30)8-7-16-6-3-9-35-16)11-18(26)21(17)23(32)29-19(24(33)34)13-28-22(31)15-4-1-2-5-15/h3,6-11,15,19H,1-2,4-5,12-13H2,(H,27,30)(H,28,31)(H,29,32)(H,33,34)/b8-7+/t19-/m0/s1. The topological polar surface area (TPSA) is 138 Å². The second-order valence-corrected chi connectivity index (χ2v) is 8.91. The summed E-state index contributed by atoms with van der Waals surface area (Å²) in [6.07, 6.45) is 7.79. The van der Waals surface area contributed by atoms with E-state index in [-0.39, 0.29) is 46.4 Å². The first kappa shape index (κ1) is 26.3. The smallest absolute Gasteiger partial charge is 0.328 e. The highest BCUT2D eigenvalue weighted by Gasteiger charge is 2.27. The number of benzene rings is 1. The number of carbonyl (C=O) groups is 4. The van der Waals surface area contributed by atoms with Crippen molar-refractivity contribution in [1.82, 2.24) is 16.0 Å². The summed E-state index contributed by atoms with van der Waals surface area (Å²) in [6, 6.07) is 4.95. The highest BCUT2D eigenvalue weighted by molar-refractivity contribution is 6.39. The third-order valence-electron chi connectivity index (χ3n) is 5.55. The maximum Gasteiger partial charge on any atom is 0.328 e. The highest BCUT2D eigenvalue weighted by Crippen LogP contribution is 2.27. The van der Waals surface area contributed by atoms with Crippen molar-refractivity contribution in [2.75, 3.05) is 6.54 Å². The molecule has 1 saturated carbocycles. The van der Waals surface area contributed by atoms with E-state index in [1.165, 1.54) is 30.5 Å². The quantitative estimate of drug-likeness (QED) is 0.353. The molecule has 3 rings (SSSR count). The van der Waals surface area contributed by atoms with Gasteiger partial charge in [-0.3, -0.25) is 14.4 Å². The Balaban J connectivity index is 1.58. The van der Waals surface area contributed by atoms with Gasteiger partial charge < -0.3 is 25.5 Å². The summed E-state index contributed by atoms with van der Waals surface area (Å²) < 4.78 is 5.11. The van der Waals surface area contributed by atoms with Crippen LogP contribution in [-0.4, -0.2) is 41.4 Å². The lowest BCUT2D eigenvalue weighted by Gasteiger charge is -2.18. The van der Waals surface area contributed by atoms with E-state index in [1.54, 1.807) is 12.1 Å². The third-order valence-corrected chi connectivity index (χ3v) is 6.14. The lowest BCUT2D eigenvalue weighted by molar-refractivity contribution is -0.139. The first-order valence-corrected chi connectivity index (χ1v) is 11.8. The van der Waals surface area contributed by atoms with Crippen LogP contribution in [0.5, 0.6) is 0 Å². The number of furan rings is 1.